The maximum Gasteiger partial charge on any atom is 0.323 e. The molecule has 0 aromatic rings. The third-order valence-electron chi connectivity index (χ3n) is 5.96. The average molecular weight is 324 g/mol. The molecular formula is C19H32O4. The van der Waals surface area contributed by atoms with Crippen molar-refractivity contribution in [1.29, 1.82) is 0 Å². The molecule has 0 atom stereocenters. The van der Waals surface area contributed by atoms with Crippen molar-refractivity contribution in [2.24, 2.45) is 5.41 Å². The van der Waals surface area contributed by atoms with Crippen molar-refractivity contribution in [3.63, 3.8) is 0 Å². The van der Waals surface area contributed by atoms with E-state index in [1.807, 2.05) is 0 Å². The summed E-state index contributed by atoms with van der Waals surface area (Å²) in [6.07, 6.45) is 9.58. The molecule has 0 radical (unpaired) electrons. The lowest BCUT2D eigenvalue weighted by Gasteiger charge is -2.34. The Morgan fingerprint density at radius 3 is 1.35 bits per heavy atom. The predicted molar refractivity (Wildman–Crippen MR) is 88.9 cm³/mol. The van der Waals surface area contributed by atoms with Gasteiger partial charge < -0.3 is 9.47 Å². The van der Waals surface area contributed by atoms with Gasteiger partial charge in [-0.2, -0.15) is 0 Å². The van der Waals surface area contributed by atoms with Gasteiger partial charge >= 0.3 is 11.9 Å². The average Bonchev–Trinajstić information content (AvgIpc) is 3.17. The van der Waals surface area contributed by atoms with Crippen LogP contribution in [0.3, 0.4) is 0 Å². The van der Waals surface area contributed by atoms with E-state index in [0.717, 1.165) is 64.2 Å². The minimum Gasteiger partial charge on any atom is -0.458 e. The summed E-state index contributed by atoms with van der Waals surface area (Å²) in [5, 5.41) is 0. The molecule has 4 nitrogen and oxygen atoms in total. The highest BCUT2D eigenvalue weighted by Gasteiger charge is 2.47. The number of carbonyl (C=O) groups excluding carboxylic acids is 2. The first-order valence-electron chi connectivity index (χ1n) is 9.26. The van der Waals surface area contributed by atoms with E-state index in [2.05, 4.69) is 13.8 Å². The van der Waals surface area contributed by atoms with E-state index in [9.17, 15) is 9.59 Å². The molecule has 0 aliphatic heterocycles. The first kappa shape index (κ1) is 18.3. The van der Waals surface area contributed by atoms with Crippen LogP contribution >= 0.6 is 0 Å². The van der Waals surface area contributed by atoms with E-state index in [1.165, 1.54) is 0 Å². The molecule has 2 aliphatic carbocycles. The van der Waals surface area contributed by atoms with Crippen LogP contribution in [0.1, 0.15) is 91.9 Å². The molecule has 2 fully saturated rings. The lowest BCUT2D eigenvalue weighted by Crippen LogP contribution is -2.45. The lowest BCUT2D eigenvalue weighted by molar-refractivity contribution is -0.187. The lowest BCUT2D eigenvalue weighted by atomic mass is 9.91. The van der Waals surface area contributed by atoms with Gasteiger partial charge in [0, 0.05) is 0 Å². The fourth-order valence-corrected chi connectivity index (χ4v) is 3.83. The molecule has 0 amide bonds. The van der Waals surface area contributed by atoms with Crippen LogP contribution in [0.5, 0.6) is 0 Å². The molecule has 132 valence electrons. The first-order valence-corrected chi connectivity index (χ1v) is 9.26. The Bertz CT molecular complexity index is 400. The number of ether oxygens (including phenoxy) is 2. The van der Waals surface area contributed by atoms with E-state index in [1.54, 1.807) is 13.8 Å². The molecule has 0 bridgehead atoms. The van der Waals surface area contributed by atoms with E-state index in [-0.39, 0.29) is 11.2 Å². The Hall–Kier alpha value is -1.06. The van der Waals surface area contributed by atoms with Crippen molar-refractivity contribution in [2.75, 3.05) is 0 Å². The summed E-state index contributed by atoms with van der Waals surface area (Å²) in [6.45, 7) is 7.37. The normalized spacial score (nSPS) is 22.8. The molecule has 2 saturated carbocycles. The van der Waals surface area contributed by atoms with Crippen LogP contribution in [0.25, 0.3) is 0 Å². The molecule has 0 aromatic heterocycles. The summed E-state index contributed by atoms with van der Waals surface area (Å²) in [6, 6.07) is 0. The third-order valence-corrected chi connectivity index (χ3v) is 5.96. The first-order chi connectivity index (χ1) is 10.8. The second-order valence-corrected chi connectivity index (χ2v) is 7.89. The summed E-state index contributed by atoms with van der Waals surface area (Å²) >= 11 is 0. The summed E-state index contributed by atoms with van der Waals surface area (Å²) < 4.78 is 11.7. The minimum atomic E-state index is -1.24. The Morgan fingerprint density at radius 2 is 1.09 bits per heavy atom. The van der Waals surface area contributed by atoms with Crippen molar-refractivity contribution in [1.82, 2.24) is 0 Å². The van der Waals surface area contributed by atoms with Crippen LogP contribution in [0.4, 0.5) is 0 Å². The number of hydrogen-bond donors (Lipinski definition) is 0. The van der Waals surface area contributed by atoms with Crippen molar-refractivity contribution in [2.45, 2.75) is 103 Å². The molecule has 2 aliphatic rings. The van der Waals surface area contributed by atoms with E-state index in [0.29, 0.717) is 0 Å². The van der Waals surface area contributed by atoms with Gasteiger partial charge in [0.15, 0.2) is 5.41 Å². The van der Waals surface area contributed by atoms with Gasteiger partial charge in [0.1, 0.15) is 11.2 Å². The second kappa shape index (κ2) is 6.82. The van der Waals surface area contributed by atoms with Gasteiger partial charge in [-0.25, -0.2) is 0 Å². The molecule has 0 saturated heterocycles. The highest BCUT2D eigenvalue weighted by atomic mass is 16.6. The Labute approximate surface area is 140 Å². The van der Waals surface area contributed by atoms with E-state index >= 15 is 0 Å². The molecule has 23 heavy (non-hydrogen) atoms. The second-order valence-electron chi connectivity index (χ2n) is 7.89. The molecule has 0 heterocycles. The smallest absolute Gasteiger partial charge is 0.323 e. The number of hydrogen-bond acceptors (Lipinski definition) is 4. The fourth-order valence-electron chi connectivity index (χ4n) is 3.83. The quantitative estimate of drug-likeness (QED) is 0.531. The highest BCUT2D eigenvalue weighted by Crippen LogP contribution is 2.40. The highest BCUT2D eigenvalue weighted by molar-refractivity contribution is 5.99. The van der Waals surface area contributed by atoms with Crippen molar-refractivity contribution in [3.8, 4) is 0 Å². The Balaban J connectivity index is 2.04. The number of esters is 2. The molecule has 0 spiro atoms. The number of rotatable bonds is 6. The van der Waals surface area contributed by atoms with Crippen LogP contribution in [-0.4, -0.2) is 23.1 Å². The van der Waals surface area contributed by atoms with Crippen LogP contribution in [0.2, 0.25) is 0 Å². The van der Waals surface area contributed by atoms with E-state index in [4.69, 9.17) is 9.47 Å². The number of carbonyl (C=O) groups is 2. The zero-order chi connectivity index (χ0) is 17.1. The summed E-state index contributed by atoms with van der Waals surface area (Å²) in [7, 11) is 0. The van der Waals surface area contributed by atoms with Crippen LogP contribution < -0.4 is 0 Å². The molecule has 0 aromatic carbocycles. The summed E-state index contributed by atoms with van der Waals surface area (Å²) in [5.41, 5.74) is -1.98. The van der Waals surface area contributed by atoms with Gasteiger partial charge in [0.05, 0.1) is 0 Å². The Morgan fingerprint density at radius 1 is 0.783 bits per heavy atom. The SMILES string of the molecule is CCC1(OC(=O)C(C)(C)C(=O)OC2(CC)CCCC2)CCCC1. The molecule has 0 unspecified atom stereocenters. The third kappa shape index (κ3) is 3.72. The maximum atomic E-state index is 12.7. The standard InChI is InChI=1S/C19H32O4/c1-5-18(11-7-8-12-18)22-15(20)17(3,4)16(21)23-19(6-2)13-9-10-14-19/h5-14H2,1-4H3. The minimum absolute atomic E-state index is 0.371. The van der Waals surface area contributed by atoms with Gasteiger partial charge in [0.2, 0.25) is 0 Å². The monoisotopic (exact) mass is 324 g/mol. The fraction of sp³-hybridized carbons (Fsp3) is 0.895. The molecular weight excluding hydrogens is 292 g/mol. The van der Waals surface area contributed by atoms with Gasteiger partial charge in [-0.1, -0.05) is 13.8 Å². The Kier molecular flexibility index (Phi) is 5.42. The van der Waals surface area contributed by atoms with Crippen molar-refractivity contribution in [3.05, 3.63) is 0 Å². The predicted octanol–water partition coefficient (Wildman–Crippen LogP) is 4.54. The van der Waals surface area contributed by atoms with Crippen molar-refractivity contribution >= 4 is 11.9 Å². The van der Waals surface area contributed by atoms with Gasteiger partial charge in [-0.05, 0) is 78.1 Å². The van der Waals surface area contributed by atoms with Gasteiger partial charge in [-0.3, -0.25) is 9.59 Å². The molecule has 2 rings (SSSR count). The summed E-state index contributed by atoms with van der Waals surface area (Å²) in [4.78, 5) is 25.3. The molecule has 4 heteroatoms. The van der Waals surface area contributed by atoms with Crippen LogP contribution in [-0.2, 0) is 19.1 Å². The topological polar surface area (TPSA) is 52.6 Å². The zero-order valence-corrected chi connectivity index (χ0v) is 15.2. The van der Waals surface area contributed by atoms with Gasteiger partial charge in [-0.15, -0.1) is 0 Å². The van der Waals surface area contributed by atoms with Gasteiger partial charge in [0.25, 0.3) is 0 Å². The van der Waals surface area contributed by atoms with Crippen LogP contribution in [0.15, 0.2) is 0 Å². The summed E-state index contributed by atoms with van der Waals surface area (Å²) in [5.74, 6) is -0.869. The maximum absolute atomic E-state index is 12.7. The zero-order valence-electron chi connectivity index (χ0n) is 15.2. The van der Waals surface area contributed by atoms with Crippen molar-refractivity contribution < 1.29 is 19.1 Å². The van der Waals surface area contributed by atoms with Crippen LogP contribution in [0, 0.1) is 5.41 Å². The molecule has 0 N–H and O–H groups in total. The largest absolute Gasteiger partial charge is 0.458 e. The van der Waals surface area contributed by atoms with E-state index < -0.39 is 17.4 Å².